The lowest BCUT2D eigenvalue weighted by Crippen LogP contribution is -2.50. The van der Waals surface area contributed by atoms with Crippen molar-refractivity contribution in [3.63, 3.8) is 0 Å². The third-order valence-corrected chi connectivity index (χ3v) is 5.06. The number of nitrogens with one attached hydrogen (secondary N) is 1. The van der Waals surface area contributed by atoms with E-state index in [-0.39, 0.29) is 11.8 Å². The highest BCUT2D eigenvalue weighted by Gasteiger charge is 2.24. The molecule has 0 bridgehead atoms. The summed E-state index contributed by atoms with van der Waals surface area (Å²) in [7, 11) is 1.64. The Hall–Kier alpha value is -2.87. The Morgan fingerprint density at radius 3 is 2.52 bits per heavy atom. The quantitative estimate of drug-likeness (QED) is 0.723. The first-order chi connectivity index (χ1) is 14.0. The lowest BCUT2D eigenvalue weighted by Gasteiger charge is -2.34. The summed E-state index contributed by atoms with van der Waals surface area (Å²) in [6.07, 6.45) is 1.17. The molecule has 1 aliphatic heterocycles. The number of aryl methyl sites for hydroxylation is 2. The van der Waals surface area contributed by atoms with Crippen molar-refractivity contribution in [1.82, 2.24) is 20.3 Å². The number of benzene rings is 1. The second-order valence-corrected chi connectivity index (χ2v) is 7.15. The Labute approximate surface area is 170 Å². The van der Waals surface area contributed by atoms with Gasteiger partial charge in [-0.05, 0) is 31.0 Å². The summed E-state index contributed by atoms with van der Waals surface area (Å²) < 4.78 is 10.1. The Morgan fingerprint density at radius 2 is 1.90 bits per heavy atom. The van der Waals surface area contributed by atoms with Gasteiger partial charge in [0.15, 0.2) is 5.69 Å². The number of aromatic nitrogens is 1. The second kappa shape index (κ2) is 10.1. The van der Waals surface area contributed by atoms with Crippen molar-refractivity contribution >= 4 is 11.8 Å². The maximum absolute atomic E-state index is 12.4. The van der Waals surface area contributed by atoms with E-state index in [0.717, 1.165) is 30.9 Å². The molecule has 29 heavy (non-hydrogen) atoms. The van der Waals surface area contributed by atoms with Gasteiger partial charge < -0.3 is 19.5 Å². The van der Waals surface area contributed by atoms with Crippen LogP contribution in [-0.2, 0) is 11.2 Å². The Kier molecular flexibility index (Phi) is 7.24. The van der Waals surface area contributed by atoms with Crippen LogP contribution in [0.5, 0.6) is 5.75 Å². The molecule has 8 heteroatoms. The van der Waals surface area contributed by atoms with E-state index < -0.39 is 0 Å². The van der Waals surface area contributed by atoms with Crippen molar-refractivity contribution in [2.45, 2.75) is 19.8 Å². The summed E-state index contributed by atoms with van der Waals surface area (Å²) in [5, 5.41) is 6.77. The smallest absolute Gasteiger partial charge is 0.276 e. The number of carbonyl (C=O) groups is 2. The molecule has 1 fully saturated rings. The molecule has 0 saturated carbocycles. The number of piperazine rings is 1. The van der Waals surface area contributed by atoms with E-state index in [1.807, 2.05) is 24.3 Å². The molecule has 1 aromatic heterocycles. The zero-order valence-electron chi connectivity index (χ0n) is 17.0. The number of rotatable bonds is 8. The summed E-state index contributed by atoms with van der Waals surface area (Å²) in [5.74, 6) is 1.41. The van der Waals surface area contributed by atoms with Crippen LogP contribution in [0, 0.1) is 6.92 Å². The molecule has 8 nitrogen and oxygen atoms in total. The predicted molar refractivity (Wildman–Crippen MR) is 108 cm³/mol. The molecule has 2 amide bonds. The minimum atomic E-state index is -0.0895. The Balaban J connectivity index is 1.31. The van der Waals surface area contributed by atoms with E-state index >= 15 is 0 Å². The van der Waals surface area contributed by atoms with Gasteiger partial charge in [-0.15, -0.1) is 0 Å². The van der Waals surface area contributed by atoms with Crippen LogP contribution in [0.3, 0.4) is 0 Å². The van der Waals surface area contributed by atoms with Crippen molar-refractivity contribution in [3.05, 3.63) is 47.3 Å². The van der Waals surface area contributed by atoms with Gasteiger partial charge in [-0.1, -0.05) is 17.3 Å². The van der Waals surface area contributed by atoms with Crippen LogP contribution in [0.25, 0.3) is 0 Å². The molecule has 1 aliphatic rings. The van der Waals surface area contributed by atoms with E-state index in [1.165, 1.54) is 0 Å². The third kappa shape index (κ3) is 6.05. The van der Waals surface area contributed by atoms with Crippen LogP contribution in [0.2, 0.25) is 0 Å². The number of hydrogen-bond donors (Lipinski definition) is 1. The normalized spacial score (nSPS) is 14.6. The molecule has 0 atom stereocenters. The van der Waals surface area contributed by atoms with E-state index in [9.17, 15) is 9.59 Å². The van der Waals surface area contributed by atoms with Gasteiger partial charge in [0.2, 0.25) is 5.91 Å². The molecule has 0 aliphatic carbocycles. The SMILES string of the molecule is COc1ccc(CCC(=O)NCCN2CCN(C(=O)c3cc(C)on3)CC2)cc1. The van der Waals surface area contributed by atoms with Gasteiger partial charge in [-0.2, -0.15) is 0 Å². The average molecular weight is 400 g/mol. The Morgan fingerprint density at radius 1 is 1.17 bits per heavy atom. The summed E-state index contributed by atoms with van der Waals surface area (Å²) in [5.41, 5.74) is 1.48. The first-order valence-electron chi connectivity index (χ1n) is 9.90. The summed E-state index contributed by atoms with van der Waals surface area (Å²) in [6.45, 7) is 6.02. The van der Waals surface area contributed by atoms with Crippen molar-refractivity contribution in [3.8, 4) is 5.75 Å². The van der Waals surface area contributed by atoms with Gasteiger partial charge in [0.25, 0.3) is 5.91 Å². The summed E-state index contributed by atoms with van der Waals surface area (Å²) in [4.78, 5) is 28.5. The fourth-order valence-electron chi connectivity index (χ4n) is 3.30. The molecular formula is C21H28N4O4. The molecular weight excluding hydrogens is 372 g/mol. The molecule has 0 spiro atoms. The molecule has 1 aromatic carbocycles. The maximum atomic E-state index is 12.4. The predicted octanol–water partition coefficient (Wildman–Crippen LogP) is 1.50. The van der Waals surface area contributed by atoms with Crippen molar-refractivity contribution in [1.29, 1.82) is 0 Å². The molecule has 2 aromatic rings. The van der Waals surface area contributed by atoms with E-state index in [2.05, 4.69) is 15.4 Å². The third-order valence-electron chi connectivity index (χ3n) is 5.06. The number of nitrogens with zero attached hydrogens (tertiary/aromatic N) is 3. The molecule has 3 rings (SSSR count). The highest BCUT2D eigenvalue weighted by molar-refractivity contribution is 5.92. The van der Waals surface area contributed by atoms with E-state index in [0.29, 0.717) is 43.9 Å². The minimum Gasteiger partial charge on any atom is -0.497 e. The minimum absolute atomic E-state index is 0.0519. The van der Waals surface area contributed by atoms with Gasteiger partial charge in [0, 0.05) is 51.8 Å². The molecule has 1 N–H and O–H groups in total. The fraction of sp³-hybridized carbons (Fsp3) is 0.476. The van der Waals surface area contributed by atoms with Gasteiger partial charge in [0.05, 0.1) is 7.11 Å². The fourth-order valence-corrected chi connectivity index (χ4v) is 3.30. The van der Waals surface area contributed by atoms with Crippen molar-refractivity contribution < 1.29 is 18.8 Å². The van der Waals surface area contributed by atoms with Crippen molar-refractivity contribution in [2.75, 3.05) is 46.4 Å². The van der Waals surface area contributed by atoms with Crippen LogP contribution in [0.15, 0.2) is 34.9 Å². The summed E-state index contributed by atoms with van der Waals surface area (Å²) >= 11 is 0. The zero-order chi connectivity index (χ0) is 20.6. The number of hydrogen-bond acceptors (Lipinski definition) is 6. The van der Waals surface area contributed by atoms with Gasteiger partial charge in [0.1, 0.15) is 11.5 Å². The lowest BCUT2D eigenvalue weighted by molar-refractivity contribution is -0.121. The topological polar surface area (TPSA) is 87.9 Å². The molecule has 2 heterocycles. The lowest BCUT2D eigenvalue weighted by atomic mass is 10.1. The second-order valence-electron chi connectivity index (χ2n) is 7.15. The number of carbonyl (C=O) groups excluding carboxylic acids is 2. The molecule has 156 valence electrons. The van der Waals surface area contributed by atoms with Crippen LogP contribution in [0.4, 0.5) is 0 Å². The van der Waals surface area contributed by atoms with E-state index in [4.69, 9.17) is 9.26 Å². The van der Waals surface area contributed by atoms with Gasteiger partial charge >= 0.3 is 0 Å². The molecule has 0 unspecified atom stereocenters. The monoisotopic (exact) mass is 400 g/mol. The first-order valence-corrected chi connectivity index (χ1v) is 9.90. The number of methoxy groups -OCH3 is 1. The zero-order valence-corrected chi connectivity index (χ0v) is 17.0. The highest BCUT2D eigenvalue weighted by atomic mass is 16.5. The van der Waals surface area contributed by atoms with Crippen LogP contribution < -0.4 is 10.1 Å². The van der Waals surface area contributed by atoms with Crippen LogP contribution >= 0.6 is 0 Å². The number of ether oxygens (including phenoxy) is 1. The standard InChI is InChI=1S/C21H28N4O4/c1-16-15-19(23-29-16)21(27)25-13-11-24(12-14-25)10-9-22-20(26)8-5-17-3-6-18(28-2)7-4-17/h3-4,6-7,15H,5,8-14H2,1-2H3,(H,22,26). The number of amides is 2. The summed E-state index contributed by atoms with van der Waals surface area (Å²) in [6, 6.07) is 9.43. The van der Waals surface area contributed by atoms with E-state index in [1.54, 1.807) is 25.0 Å². The largest absolute Gasteiger partial charge is 0.497 e. The highest BCUT2D eigenvalue weighted by Crippen LogP contribution is 2.12. The maximum Gasteiger partial charge on any atom is 0.276 e. The van der Waals surface area contributed by atoms with Gasteiger partial charge in [-0.25, -0.2) is 0 Å². The van der Waals surface area contributed by atoms with Crippen molar-refractivity contribution in [2.24, 2.45) is 0 Å². The molecule has 0 radical (unpaired) electrons. The average Bonchev–Trinajstić information content (AvgIpc) is 3.19. The van der Waals surface area contributed by atoms with Gasteiger partial charge in [-0.3, -0.25) is 14.5 Å². The first kappa shape index (κ1) is 20.9. The van der Waals surface area contributed by atoms with Crippen LogP contribution in [0.1, 0.15) is 28.2 Å². The Bertz CT molecular complexity index is 810. The van der Waals surface area contributed by atoms with Crippen LogP contribution in [-0.4, -0.2) is 73.1 Å². The molecule has 1 saturated heterocycles.